The molecule has 7 heteroatoms. The van der Waals surface area contributed by atoms with Gasteiger partial charge in [-0.1, -0.05) is 60.7 Å². The Bertz CT molecular complexity index is 1030. The van der Waals surface area contributed by atoms with Crippen molar-refractivity contribution in [3.8, 4) is 11.1 Å². The van der Waals surface area contributed by atoms with Crippen molar-refractivity contribution in [1.29, 1.82) is 0 Å². The number of fused-ring (bicyclic) bond motifs is 3. The molecule has 2 aromatic rings. The number of nitrogens with zero attached hydrogens (tertiary/aromatic N) is 1. The van der Waals surface area contributed by atoms with Crippen LogP contribution in [0.15, 0.2) is 60.7 Å². The number of alkyl carbamates (subject to hydrolysis) is 1. The van der Waals surface area contributed by atoms with Gasteiger partial charge in [-0.15, -0.1) is 0 Å². The maximum absolute atomic E-state index is 12.6. The highest BCUT2D eigenvalue weighted by Gasteiger charge is 2.31. The van der Waals surface area contributed by atoms with Crippen LogP contribution in [0.5, 0.6) is 0 Å². The van der Waals surface area contributed by atoms with E-state index in [2.05, 4.69) is 29.6 Å². The molecule has 2 unspecified atom stereocenters. The second-order valence-electron chi connectivity index (χ2n) is 8.56. The van der Waals surface area contributed by atoms with Crippen LogP contribution < -0.4 is 5.32 Å². The van der Waals surface area contributed by atoms with Gasteiger partial charge in [-0.2, -0.15) is 0 Å². The summed E-state index contributed by atoms with van der Waals surface area (Å²) in [6.07, 6.45) is 4.01. The number of carbonyl (C=O) groups is 3. The van der Waals surface area contributed by atoms with Crippen LogP contribution in [-0.2, 0) is 14.3 Å². The molecule has 0 fully saturated rings. The topological polar surface area (TPSA) is 95.9 Å². The lowest BCUT2D eigenvalue weighted by Gasteiger charge is -2.21. The third-order valence-corrected chi connectivity index (χ3v) is 6.31. The molecule has 7 nitrogen and oxygen atoms in total. The van der Waals surface area contributed by atoms with Gasteiger partial charge < -0.3 is 20.1 Å². The Labute approximate surface area is 193 Å². The minimum absolute atomic E-state index is 0.00366. The van der Waals surface area contributed by atoms with Crippen molar-refractivity contribution < 1.29 is 24.2 Å². The van der Waals surface area contributed by atoms with Crippen LogP contribution >= 0.6 is 0 Å². The Morgan fingerprint density at radius 2 is 1.67 bits per heavy atom. The number of hydrogen-bond donors (Lipinski definition) is 2. The fourth-order valence-corrected chi connectivity index (χ4v) is 4.64. The molecule has 2 atom stereocenters. The molecule has 0 saturated heterocycles. The van der Waals surface area contributed by atoms with Gasteiger partial charge in [-0.05, 0) is 35.1 Å². The summed E-state index contributed by atoms with van der Waals surface area (Å²) >= 11 is 0. The summed E-state index contributed by atoms with van der Waals surface area (Å²) in [6.45, 7) is 0.630. The van der Waals surface area contributed by atoms with Gasteiger partial charge in [0.05, 0.1) is 12.0 Å². The normalized spacial score (nSPS) is 18.5. The summed E-state index contributed by atoms with van der Waals surface area (Å²) in [4.78, 5) is 37.2. The Hall–Kier alpha value is -3.61. The van der Waals surface area contributed by atoms with Gasteiger partial charge in [-0.25, -0.2) is 4.79 Å². The number of rotatable bonds is 8. The highest BCUT2D eigenvalue weighted by atomic mass is 16.5. The summed E-state index contributed by atoms with van der Waals surface area (Å²) < 4.78 is 5.59. The van der Waals surface area contributed by atoms with Crippen molar-refractivity contribution in [3.63, 3.8) is 0 Å². The van der Waals surface area contributed by atoms with Crippen LogP contribution in [0.25, 0.3) is 11.1 Å². The van der Waals surface area contributed by atoms with Crippen LogP contribution in [0.4, 0.5) is 4.79 Å². The van der Waals surface area contributed by atoms with E-state index >= 15 is 0 Å². The molecule has 2 N–H and O–H groups in total. The van der Waals surface area contributed by atoms with Crippen molar-refractivity contribution in [2.45, 2.75) is 31.2 Å². The highest BCUT2D eigenvalue weighted by Crippen LogP contribution is 2.44. The number of nitrogens with one attached hydrogen (secondary N) is 1. The number of aliphatic carboxylic acids is 1. The number of carbonyl (C=O) groups excluding carboxylic acids is 2. The molecule has 0 saturated carbocycles. The largest absolute Gasteiger partial charge is 0.481 e. The summed E-state index contributed by atoms with van der Waals surface area (Å²) in [5, 5.41) is 11.6. The molecule has 0 aromatic heterocycles. The van der Waals surface area contributed by atoms with Gasteiger partial charge in [0.2, 0.25) is 5.91 Å². The number of amides is 2. The van der Waals surface area contributed by atoms with E-state index in [0.717, 1.165) is 11.1 Å². The fraction of sp³-hybridized carbons (Fsp3) is 0.346. The Morgan fingerprint density at radius 3 is 2.30 bits per heavy atom. The molecule has 0 bridgehead atoms. The lowest BCUT2D eigenvalue weighted by molar-refractivity contribution is -0.138. The van der Waals surface area contributed by atoms with Crippen LogP contribution in [0, 0.1) is 5.92 Å². The zero-order valence-electron chi connectivity index (χ0n) is 18.6. The average Bonchev–Trinajstić information content (AvgIpc) is 3.39. The predicted octanol–water partition coefficient (Wildman–Crippen LogP) is 3.79. The van der Waals surface area contributed by atoms with Gasteiger partial charge in [-0.3, -0.25) is 9.59 Å². The number of benzene rings is 2. The van der Waals surface area contributed by atoms with E-state index in [1.54, 1.807) is 18.0 Å². The Kier molecular flexibility index (Phi) is 6.77. The SMILES string of the molecule is CN(CCCC(=O)O)C(=O)C1C=CC(NC(=O)OCC2c3ccccc3-c3ccccc32)C1. The fourth-order valence-electron chi connectivity index (χ4n) is 4.64. The second kappa shape index (κ2) is 9.90. The minimum Gasteiger partial charge on any atom is -0.481 e. The van der Waals surface area contributed by atoms with Crippen molar-refractivity contribution in [2.75, 3.05) is 20.2 Å². The van der Waals surface area contributed by atoms with Gasteiger partial charge in [0.15, 0.2) is 0 Å². The second-order valence-corrected chi connectivity index (χ2v) is 8.56. The lowest BCUT2D eigenvalue weighted by atomic mass is 9.98. The van der Waals surface area contributed by atoms with Crippen LogP contribution in [-0.4, -0.2) is 54.2 Å². The summed E-state index contributed by atoms with van der Waals surface area (Å²) in [6, 6.07) is 16.1. The smallest absolute Gasteiger partial charge is 0.407 e. The number of ether oxygens (including phenoxy) is 1. The molecule has 2 aliphatic rings. The maximum Gasteiger partial charge on any atom is 0.407 e. The number of carboxylic acid groups (broad SMARTS) is 1. The van der Waals surface area contributed by atoms with E-state index in [0.29, 0.717) is 19.4 Å². The number of hydrogen-bond acceptors (Lipinski definition) is 4. The molecular weight excluding hydrogens is 420 g/mol. The summed E-state index contributed by atoms with van der Waals surface area (Å²) in [5.74, 6) is -1.28. The zero-order chi connectivity index (χ0) is 23.4. The molecule has 0 spiro atoms. The monoisotopic (exact) mass is 448 g/mol. The maximum atomic E-state index is 12.6. The molecule has 0 radical (unpaired) electrons. The number of carboxylic acids is 1. The zero-order valence-corrected chi connectivity index (χ0v) is 18.6. The van der Waals surface area contributed by atoms with E-state index in [1.165, 1.54) is 11.1 Å². The minimum atomic E-state index is -0.871. The predicted molar refractivity (Wildman–Crippen MR) is 124 cm³/mol. The van der Waals surface area contributed by atoms with E-state index in [9.17, 15) is 14.4 Å². The molecule has 33 heavy (non-hydrogen) atoms. The first-order chi connectivity index (χ1) is 15.9. The van der Waals surface area contributed by atoms with Crippen LogP contribution in [0.3, 0.4) is 0 Å². The van der Waals surface area contributed by atoms with Crippen LogP contribution in [0.1, 0.15) is 36.3 Å². The standard InChI is InChI=1S/C26H28N2O5/c1-28(14-6-11-24(29)30)25(31)17-12-13-18(15-17)27-26(32)33-16-23-21-9-4-2-7-19(21)20-8-3-5-10-22(20)23/h2-5,7-10,12-13,17-18,23H,6,11,14-16H2,1H3,(H,27,32)(H,29,30). The molecule has 2 amide bonds. The first-order valence-corrected chi connectivity index (χ1v) is 11.2. The summed E-state index contributed by atoms with van der Waals surface area (Å²) in [7, 11) is 1.67. The quantitative estimate of drug-likeness (QED) is 0.599. The molecule has 172 valence electrons. The summed E-state index contributed by atoms with van der Waals surface area (Å²) in [5.41, 5.74) is 4.66. The molecule has 0 aliphatic heterocycles. The molecule has 2 aromatic carbocycles. The van der Waals surface area contributed by atoms with Gasteiger partial charge >= 0.3 is 12.1 Å². The van der Waals surface area contributed by atoms with E-state index in [4.69, 9.17) is 9.84 Å². The molecular formula is C26H28N2O5. The van der Waals surface area contributed by atoms with Crippen molar-refractivity contribution >= 4 is 18.0 Å². The van der Waals surface area contributed by atoms with E-state index in [1.807, 2.05) is 30.3 Å². The highest BCUT2D eigenvalue weighted by molar-refractivity contribution is 5.81. The lowest BCUT2D eigenvalue weighted by Crippen LogP contribution is -2.37. The third kappa shape index (κ3) is 5.08. The third-order valence-electron chi connectivity index (χ3n) is 6.31. The molecule has 2 aliphatic carbocycles. The molecule has 4 rings (SSSR count). The Morgan fingerprint density at radius 1 is 1.03 bits per heavy atom. The van der Waals surface area contributed by atoms with E-state index in [-0.39, 0.29) is 36.8 Å². The molecule has 0 heterocycles. The van der Waals surface area contributed by atoms with Crippen LogP contribution in [0.2, 0.25) is 0 Å². The van der Waals surface area contributed by atoms with Crippen molar-refractivity contribution in [2.24, 2.45) is 5.92 Å². The first kappa shape index (κ1) is 22.6. The van der Waals surface area contributed by atoms with E-state index < -0.39 is 12.1 Å². The average molecular weight is 449 g/mol. The van der Waals surface area contributed by atoms with Crippen molar-refractivity contribution in [3.05, 3.63) is 71.8 Å². The van der Waals surface area contributed by atoms with Gasteiger partial charge in [0.1, 0.15) is 6.61 Å². The Balaban J connectivity index is 1.27. The first-order valence-electron chi connectivity index (χ1n) is 11.2. The van der Waals surface area contributed by atoms with Gasteiger partial charge in [0, 0.05) is 25.9 Å². The van der Waals surface area contributed by atoms with Crippen molar-refractivity contribution in [1.82, 2.24) is 10.2 Å². The van der Waals surface area contributed by atoms with Gasteiger partial charge in [0.25, 0.3) is 0 Å².